The number of imidazole rings is 1. The lowest BCUT2D eigenvalue weighted by molar-refractivity contribution is -0.121. The minimum atomic E-state index is -3.76. The Kier molecular flexibility index (Phi) is 6.13. The van der Waals surface area contributed by atoms with Gasteiger partial charge in [-0.1, -0.05) is 23.7 Å². The molecule has 3 aromatic rings. The third kappa shape index (κ3) is 4.78. The van der Waals surface area contributed by atoms with Gasteiger partial charge in [-0.05, 0) is 42.0 Å². The first-order valence-corrected chi connectivity index (χ1v) is 10.2. The maximum Gasteiger partial charge on any atom is 0.243 e. The number of hydrogen-bond donors (Lipinski definition) is 1. The van der Waals surface area contributed by atoms with E-state index in [1.165, 1.54) is 31.3 Å². The molecule has 1 amide bonds. The highest BCUT2D eigenvalue weighted by molar-refractivity contribution is 7.89. The molecule has 0 atom stereocenters. The van der Waals surface area contributed by atoms with Gasteiger partial charge in [0.05, 0.1) is 17.8 Å². The highest BCUT2D eigenvalue weighted by Crippen LogP contribution is 2.17. The van der Waals surface area contributed by atoms with Crippen molar-refractivity contribution in [1.82, 2.24) is 19.2 Å². The van der Waals surface area contributed by atoms with Gasteiger partial charge in [0, 0.05) is 36.7 Å². The van der Waals surface area contributed by atoms with Gasteiger partial charge in [-0.2, -0.15) is 4.31 Å². The summed E-state index contributed by atoms with van der Waals surface area (Å²) in [7, 11) is -2.39. The average molecular weight is 419 g/mol. The lowest BCUT2D eigenvalue weighted by Gasteiger charge is -2.17. The van der Waals surface area contributed by atoms with Gasteiger partial charge >= 0.3 is 0 Å². The molecular formula is C19H19ClN4O3S. The second kappa shape index (κ2) is 8.55. The molecule has 1 heterocycles. The molecule has 0 aliphatic carbocycles. The van der Waals surface area contributed by atoms with E-state index in [2.05, 4.69) is 10.3 Å². The number of nitrogens with zero attached hydrogens (tertiary/aromatic N) is 3. The van der Waals surface area contributed by atoms with Crippen molar-refractivity contribution >= 4 is 27.5 Å². The normalized spacial score (nSPS) is 11.5. The van der Waals surface area contributed by atoms with Crippen molar-refractivity contribution in [3.63, 3.8) is 0 Å². The van der Waals surface area contributed by atoms with E-state index < -0.39 is 15.9 Å². The zero-order valence-corrected chi connectivity index (χ0v) is 16.7. The fourth-order valence-corrected chi connectivity index (χ4v) is 3.78. The number of hydrogen-bond acceptors (Lipinski definition) is 4. The van der Waals surface area contributed by atoms with Crippen molar-refractivity contribution in [2.75, 3.05) is 13.6 Å². The van der Waals surface area contributed by atoms with Crippen molar-refractivity contribution in [2.45, 2.75) is 11.4 Å². The van der Waals surface area contributed by atoms with Crippen molar-refractivity contribution in [1.29, 1.82) is 0 Å². The number of nitrogens with one attached hydrogen (secondary N) is 1. The Hall–Kier alpha value is -2.68. The highest BCUT2D eigenvalue weighted by Gasteiger charge is 2.22. The van der Waals surface area contributed by atoms with E-state index in [0.717, 1.165) is 15.6 Å². The first kappa shape index (κ1) is 20.1. The molecule has 0 fully saturated rings. The van der Waals surface area contributed by atoms with E-state index in [4.69, 9.17) is 11.6 Å². The predicted octanol–water partition coefficient (Wildman–Crippen LogP) is 2.46. The molecule has 0 aliphatic heterocycles. The van der Waals surface area contributed by atoms with Crippen LogP contribution in [0.4, 0.5) is 0 Å². The first-order valence-electron chi connectivity index (χ1n) is 8.42. The minimum Gasteiger partial charge on any atom is -0.351 e. The van der Waals surface area contributed by atoms with Crippen LogP contribution in [0.2, 0.25) is 5.02 Å². The van der Waals surface area contributed by atoms with Gasteiger partial charge in [0.1, 0.15) is 0 Å². The van der Waals surface area contributed by atoms with Crippen LogP contribution in [0.25, 0.3) is 5.69 Å². The molecule has 2 aromatic carbocycles. The lowest BCUT2D eigenvalue weighted by atomic mass is 10.2. The van der Waals surface area contributed by atoms with Gasteiger partial charge in [0.2, 0.25) is 15.9 Å². The van der Waals surface area contributed by atoms with Gasteiger partial charge < -0.3 is 9.88 Å². The Bertz CT molecular complexity index is 1030. The Morgan fingerprint density at radius 1 is 1.14 bits per heavy atom. The number of rotatable bonds is 7. The van der Waals surface area contributed by atoms with Crippen molar-refractivity contribution in [3.8, 4) is 5.69 Å². The third-order valence-electron chi connectivity index (χ3n) is 4.12. The Morgan fingerprint density at radius 2 is 1.82 bits per heavy atom. The summed E-state index contributed by atoms with van der Waals surface area (Å²) in [4.78, 5) is 16.2. The molecule has 7 nitrogen and oxygen atoms in total. The van der Waals surface area contributed by atoms with Gasteiger partial charge in [0.15, 0.2) is 0 Å². The molecular weight excluding hydrogens is 400 g/mol. The van der Waals surface area contributed by atoms with Crippen LogP contribution in [0, 0.1) is 0 Å². The smallest absolute Gasteiger partial charge is 0.243 e. The predicted molar refractivity (Wildman–Crippen MR) is 107 cm³/mol. The van der Waals surface area contributed by atoms with Gasteiger partial charge in [-0.3, -0.25) is 4.79 Å². The molecule has 0 spiro atoms. The molecule has 0 saturated heterocycles. The molecule has 3 rings (SSSR count). The van der Waals surface area contributed by atoms with Gasteiger partial charge in [0.25, 0.3) is 0 Å². The third-order valence-corrected chi connectivity index (χ3v) is 6.19. The molecule has 28 heavy (non-hydrogen) atoms. The van der Waals surface area contributed by atoms with Crippen LogP contribution in [-0.2, 0) is 21.4 Å². The van der Waals surface area contributed by atoms with Crippen LogP contribution in [0.1, 0.15) is 5.56 Å². The first-order chi connectivity index (χ1) is 13.4. The van der Waals surface area contributed by atoms with E-state index >= 15 is 0 Å². The molecule has 9 heteroatoms. The summed E-state index contributed by atoms with van der Waals surface area (Å²) in [6, 6.07) is 13.4. The topological polar surface area (TPSA) is 84.3 Å². The number of aromatic nitrogens is 2. The molecule has 1 N–H and O–H groups in total. The Balaban J connectivity index is 1.55. The largest absolute Gasteiger partial charge is 0.351 e. The Labute approximate surface area is 168 Å². The number of amides is 1. The van der Waals surface area contributed by atoms with Crippen molar-refractivity contribution < 1.29 is 13.2 Å². The summed E-state index contributed by atoms with van der Waals surface area (Å²) in [5.41, 5.74) is 1.86. The number of carbonyl (C=O) groups is 1. The SMILES string of the molecule is CN(CC(=O)NCc1ccc(-n2ccnc2)cc1)S(=O)(=O)c1ccc(Cl)cc1. The zero-order chi connectivity index (χ0) is 20.1. The molecule has 0 aliphatic rings. The molecule has 0 unspecified atom stereocenters. The van der Waals surface area contributed by atoms with Crippen LogP contribution in [-0.4, -0.2) is 41.8 Å². The molecule has 0 radical (unpaired) electrons. The lowest BCUT2D eigenvalue weighted by Crippen LogP contribution is -2.38. The van der Waals surface area contributed by atoms with Crippen LogP contribution < -0.4 is 5.32 Å². The van der Waals surface area contributed by atoms with Crippen molar-refractivity contribution in [2.24, 2.45) is 0 Å². The molecule has 0 saturated carbocycles. The molecule has 0 bridgehead atoms. The second-order valence-electron chi connectivity index (χ2n) is 6.13. The van der Waals surface area contributed by atoms with E-state index in [1.54, 1.807) is 12.5 Å². The number of carbonyl (C=O) groups excluding carboxylic acids is 1. The number of benzene rings is 2. The van der Waals surface area contributed by atoms with Crippen LogP contribution in [0.3, 0.4) is 0 Å². The average Bonchev–Trinajstić information content (AvgIpc) is 3.22. The Morgan fingerprint density at radius 3 is 2.43 bits per heavy atom. The van der Waals surface area contributed by atoms with Crippen molar-refractivity contribution in [3.05, 3.63) is 77.8 Å². The second-order valence-corrected chi connectivity index (χ2v) is 8.61. The fraction of sp³-hybridized carbons (Fsp3) is 0.158. The summed E-state index contributed by atoms with van der Waals surface area (Å²) in [6.07, 6.45) is 5.24. The van der Waals surface area contributed by atoms with Gasteiger partial charge in [-0.25, -0.2) is 13.4 Å². The molecule has 1 aromatic heterocycles. The minimum absolute atomic E-state index is 0.0855. The summed E-state index contributed by atoms with van der Waals surface area (Å²) in [6.45, 7) is 0.0238. The zero-order valence-electron chi connectivity index (χ0n) is 15.1. The van der Waals surface area contributed by atoms with E-state index in [9.17, 15) is 13.2 Å². The summed E-state index contributed by atoms with van der Waals surface area (Å²) < 4.78 is 27.9. The number of sulfonamides is 1. The summed E-state index contributed by atoms with van der Waals surface area (Å²) in [5.74, 6) is -0.390. The summed E-state index contributed by atoms with van der Waals surface area (Å²) in [5, 5.41) is 3.17. The van der Waals surface area contributed by atoms with E-state index in [0.29, 0.717) is 11.6 Å². The standard InChI is InChI=1S/C19H19ClN4O3S/c1-23(28(26,27)18-8-4-16(20)5-9-18)13-19(25)22-12-15-2-6-17(7-3-15)24-11-10-21-14-24/h2-11,14H,12-13H2,1H3,(H,22,25). The molecule has 146 valence electrons. The van der Waals surface area contributed by atoms with E-state index in [-0.39, 0.29) is 11.4 Å². The van der Waals surface area contributed by atoms with E-state index in [1.807, 2.05) is 35.0 Å². The number of likely N-dealkylation sites (N-methyl/N-ethyl adjacent to an activating group) is 1. The maximum atomic E-state index is 12.5. The van der Waals surface area contributed by atoms with Crippen LogP contribution in [0.5, 0.6) is 0 Å². The maximum absolute atomic E-state index is 12.5. The van der Waals surface area contributed by atoms with Crippen LogP contribution >= 0.6 is 11.6 Å². The van der Waals surface area contributed by atoms with Crippen LogP contribution in [0.15, 0.2) is 72.1 Å². The van der Waals surface area contributed by atoms with Gasteiger partial charge in [-0.15, -0.1) is 0 Å². The fourth-order valence-electron chi connectivity index (χ4n) is 2.53. The highest BCUT2D eigenvalue weighted by atomic mass is 35.5. The quantitative estimate of drug-likeness (QED) is 0.638. The monoisotopic (exact) mass is 418 g/mol. The number of halogens is 1. The summed E-state index contributed by atoms with van der Waals surface area (Å²) >= 11 is 5.79.